The number of hydrogen-bond donors (Lipinski definition) is 2. The van der Waals surface area contributed by atoms with Crippen molar-refractivity contribution in [3.05, 3.63) is 23.9 Å². The van der Waals surface area contributed by atoms with Gasteiger partial charge in [0.2, 0.25) is 0 Å². The highest BCUT2D eigenvalue weighted by Crippen LogP contribution is 2.27. The molecule has 2 rings (SSSR count). The zero-order valence-electron chi connectivity index (χ0n) is 10.9. The maximum Gasteiger partial charge on any atom is 0.126 e. The largest absolute Gasteiger partial charge is 0.389 e. The minimum absolute atomic E-state index is 0.398. The van der Waals surface area contributed by atoms with E-state index in [0.29, 0.717) is 11.0 Å². The van der Waals surface area contributed by atoms with Crippen LogP contribution in [0.25, 0.3) is 0 Å². The summed E-state index contributed by atoms with van der Waals surface area (Å²) in [6.45, 7) is 2.25. The van der Waals surface area contributed by atoms with Crippen molar-refractivity contribution >= 4 is 23.0 Å². The molecule has 1 heterocycles. The van der Waals surface area contributed by atoms with Crippen molar-refractivity contribution in [1.29, 1.82) is 0 Å². The Kier molecular flexibility index (Phi) is 4.53. The lowest BCUT2D eigenvalue weighted by atomic mass is 9.84. The Morgan fingerprint density at radius 2 is 2.11 bits per heavy atom. The molecule has 0 radical (unpaired) electrons. The van der Waals surface area contributed by atoms with Crippen molar-refractivity contribution < 1.29 is 0 Å². The summed E-state index contributed by atoms with van der Waals surface area (Å²) >= 11 is 4.91. The summed E-state index contributed by atoms with van der Waals surface area (Å²) in [5.41, 5.74) is 6.37. The van der Waals surface area contributed by atoms with E-state index in [-0.39, 0.29) is 0 Å². The normalized spacial score (nSPS) is 18.3. The van der Waals surface area contributed by atoms with Crippen LogP contribution in [-0.2, 0) is 0 Å². The van der Waals surface area contributed by atoms with Gasteiger partial charge in [-0.15, -0.1) is 0 Å². The fraction of sp³-hybridized carbons (Fsp3) is 0.571. The number of hydrogen-bond acceptors (Lipinski definition) is 3. The third-order valence-electron chi connectivity index (χ3n) is 3.78. The molecule has 1 unspecified atom stereocenters. The molecule has 0 aromatic carbocycles. The van der Waals surface area contributed by atoms with Gasteiger partial charge in [0.15, 0.2) is 0 Å². The molecular formula is C14H21N3S. The summed E-state index contributed by atoms with van der Waals surface area (Å²) in [6, 6.07) is 4.35. The molecule has 1 atom stereocenters. The van der Waals surface area contributed by atoms with Gasteiger partial charge in [-0.05, 0) is 37.8 Å². The number of nitrogens with one attached hydrogen (secondary N) is 1. The lowest BCUT2D eigenvalue weighted by Gasteiger charge is -2.28. The maximum atomic E-state index is 5.55. The van der Waals surface area contributed by atoms with E-state index in [1.807, 2.05) is 12.1 Å². The van der Waals surface area contributed by atoms with Crippen LogP contribution in [0.5, 0.6) is 0 Å². The molecule has 1 aromatic heterocycles. The Balaban J connectivity index is 1.93. The zero-order valence-corrected chi connectivity index (χ0v) is 11.7. The summed E-state index contributed by atoms with van der Waals surface area (Å²) in [5, 5.41) is 3.48. The average Bonchev–Trinajstić information content (AvgIpc) is 2.40. The van der Waals surface area contributed by atoms with Crippen molar-refractivity contribution in [3.8, 4) is 0 Å². The Labute approximate surface area is 114 Å². The van der Waals surface area contributed by atoms with E-state index >= 15 is 0 Å². The zero-order chi connectivity index (χ0) is 13.0. The van der Waals surface area contributed by atoms with Gasteiger partial charge in [-0.2, -0.15) is 0 Å². The first-order valence-electron chi connectivity index (χ1n) is 6.69. The fourth-order valence-corrected chi connectivity index (χ4v) is 2.73. The first-order chi connectivity index (χ1) is 8.66. The highest BCUT2D eigenvalue weighted by Gasteiger charge is 2.19. The monoisotopic (exact) mass is 263 g/mol. The van der Waals surface area contributed by atoms with Gasteiger partial charge >= 0.3 is 0 Å². The molecule has 3 N–H and O–H groups in total. The highest BCUT2D eigenvalue weighted by molar-refractivity contribution is 7.80. The fourth-order valence-electron chi connectivity index (χ4n) is 2.61. The molecule has 4 heteroatoms. The number of rotatable bonds is 4. The van der Waals surface area contributed by atoms with Crippen LogP contribution in [0.4, 0.5) is 5.82 Å². The molecule has 0 saturated heterocycles. The van der Waals surface area contributed by atoms with Crippen LogP contribution in [0.15, 0.2) is 18.3 Å². The molecule has 98 valence electrons. The molecule has 18 heavy (non-hydrogen) atoms. The van der Waals surface area contributed by atoms with Crippen LogP contribution in [0.1, 0.15) is 44.6 Å². The van der Waals surface area contributed by atoms with E-state index in [1.165, 1.54) is 32.1 Å². The summed E-state index contributed by atoms with van der Waals surface area (Å²) in [6.07, 6.45) is 8.52. The molecule has 1 aromatic rings. The predicted molar refractivity (Wildman–Crippen MR) is 79.8 cm³/mol. The number of aromatic nitrogens is 1. The third kappa shape index (κ3) is 3.42. The molecule has 1 aliphatic carbocycles. The van der Waals surface area contributed by atoms with Crippen molar-refractivity contribution in [2.75, 3.05) is 5.32 Å². The third-order valence-corrected chi connectivity index (χ3v) is 4.02. The van der Waals surface area contributed by atoms with E-state index in [4.69, 9.17) is 18.0 Å². The summed E-state index contributed by atoms with van der Waals surface area (Å²) in [4.78, 5) is 4.75. The topological polar surface area (TPSA) is 50.9 Å². The van der Waals surface area contributed by atoms with Crippen LogP contribution < -0.4 is 11.1 Å². The van der Waals surface area contributed by atoms with E-state index in [1.54, 1.807) is 6.20 Å². The predicted octanol–water partition coefficient (Wildman–Crippen LogP) is 3.10. The molecule has 1 fully saturated rings. The van der Waals surface area contributed by atoms with Gasteiger partial charge in [-0.25, -0.2) is 4.98 Å². The van der Waals surface area contributed by atoms with Gasteiger partial charge in [0.1, 0.15) is 10.8 Å². The number of pyridine rings is 1. The van der Waals surface area contributed by atoms with E-state index in [0.717, 1.165) is 17.3 Å². The first-order valence-corrected chi connectivity index (χ1v) is 7.10. The quantitative estimate of drug-likeness (QED) is 0.820. The molecule has 0 aliphatic heterocycles. The molecule has 1 aliphatic rings. The number of anilines is 1. The van der Waals surface area contributed by atoms with Gasteiger partial charge in [0, 0.05) is 17.8 Å². The number of nitrogens with zero attached hydrogens (tertiary/aromatic N) is 1. The van der Waals surface area contributed by atoms with Crippen LogP contribution in [-0.4, -0.2) is 16.0 Å². The van der Waals surface area contributed by atoms with E-state index in [2.05, 4.69) is 17.2 Å². The minimum Gasteiger partial charge on any atom is -0.389 e. The SMILES string of the molecule is CC(Nc1ccc(C(N)=S)cn1)C1CCCCC1. The van der Waals surface area contributed by atoms with Crippen molar-refractivity contribution in [3.63, 3.8) is 0 Å². The highest BCUT2D eigenvalue weighted by atomic mass is 32.1. The second-order valence-electron chi connectivity index (χ2n) is 5.13. The lowest BCUT2D eigenvalue weighted by molar-refractivity contribution is 0.328. The number of nitrogens with two attached hydrogens (primary N) is 1. The van der Waals surface area contributed by atoms with Gasteiger partial charge < -0.3 is 11.1 Å². The van der Waals surface area contributed by atoms with Crippen molar-refractivity contribution in [2.24, 2.45) is 11.7 Å². The standard InChI is InChI=1S/C14H21N3S/c1-10(11-5-3-2-4-6-11)17-13-8-7-12(9-16-13)14(15)18/h7-11H,2-6H2,1H3,(H2,15,18)(H,16,17). The summed E-state index contributed by atoms with van der Waals surface area (Å²) in [5.74, 6) is 1.68. The van der Waals surface area contributed by atoms with Gasteiger partial charge in [-0.3, -0.25) is 0 Å². The molecular weight excluding hydrogens is 242 g/mol. The van der Waals surface area contributed by atoms with Crippen LogP contribution in [0, 0.1) is 5.92 Å². The Morgan fingerprint density at radius 3 is 2.67 bits per heavy atom. The molecule has 1 saturated carbocycles. The Bertz CT molecular complexity index is 396. The average molecular weight is 263 g/mol. The van der Waals surface area contributed by atoms with Gasteiger partial charge in [-0.1, -0.05) is 31.5 Å². The molecule has 3 nitrogen and oxygen atoms in total. The summed E-state index contributed by atoms with van der Waals surface area (Å²) in [7, 11) is 0. The van der Waals surface area contributed by atoms with Crippen LogP contribution in [0.2, 0.25) is 0 Å². The van der Waals surface area contributed by atoms with Crippen molar-refractivity contribution in [1.82, 2.24) is 4.98 Å². The van der Waals surface area contributed by atoms with Crippen LogP contribution in [0.3, 0.4) is 0 Å². The van der Waals surface area contributed by atoms with Gasteiger partial charge in [0.25, 0.3) is 0 Å². The molecule has 0 amide bonds. The maximum absolute atomic E-state index is 5.55. The van der Waals surface area contributed by atoms with E-state index in [9.17, 15) is 0 Å². The minimum atomic E-state index is 0.398. The Morgan fingerprint density at radius 1 is 1.39 bits per heavy atom. The second kappa shape index (κ2) is 6.14. The number of thiocarbonyl (C=S) groups is 1. The van der Waals surface area contributed by atoms with Gasteiger partial charge in [0.05, 0.1) is 0 Å². The molecule has 0 bridgehead atoms. The van der Waals surface area contributed by atoms with Crippen molar-refractivity contribution in [2.45, 2.75) is 45.1 Å². The molecule has 0 spiro atoms. The van der Waals surface area contributed by atoms with E-state index < -0.39 is 0 Å². The van der Waals surface area contributed by atoms with Crippen LogP contribution >= 0.6 is 12.2 Å². The lowest BCUT2D eigenvalue weighted by Crippen LogP contribution is -2.28. The first kappa shape index (κ1) is 13.3. The second-order valence-corrected chi connectivity index (χ2v) is 5.57. The Hall–Kier alpha value is -1.16. The summed E-state index contributed by atoms with van der Waals surface area (Å²) < 4.78 is 0. The smallest absolute Gasteiger partial charge is 0.126 e.